The summed E-state index contributed by atoms with van der Waals surface area (Å²) in [5, 5.41) is 0. The first kappa shape index (κ1) is 24.1. The molecule has 0 saturated carbocycles. The Morgan fingerprint density at radius 2 is 1.38 bits per heavy atom. The van der Waals surface area contributed by atoms with Crippen LogP contribution in [0.5, 0.6) is 0 Å². The fraction of sp³-hybridized carbons (Fsp3) is 0.0909. The van der Waals surface area contributed by atoms with Crippen LogP contribution in [-0.4, -0.2) is 6.29 Å². The van der Waals surface area contributed by atoms with Crippen molar-refractivity contribution in [3.8, 4) is 0 Å². The molecule has 0 aliphatic carbocycles. The van der Waals surface area contributed by atoms with Gasteiger partial charge in [-0.05, 0) is 12.5 Å². The molecule has 0 fully saturated rings. The van der Waals surface area contributed by atoms with Gasteiger partial charge in [-0.15, -0.1) is 0 Å². The van der Waals surface area contributed by atoms with Gasteiger partial charge in [-0.3, -0.25) is 4.79 Å². The molecule has 16 heavy (non-hydrogen) atoms. The molecule has 1 aromatic rings. The fourth-order valence-electron chi connectivity index (χ4n) is 0.719. The van der Waals surface area contributed by atoms with E-state index in [2.05, 4.69) is 20.0 Å². The normalized spacial score (nSPS) is 5.44. The molecule has 0 aliphatic heterocycles. The second kappa shape index (κ2) is 23.5. The molecule has 82 valence electrons. The SMILES string of the molecule is Cc1ccccc1C=O.[C-]#[O+].[C-]#[O+].[C-]#[O+].[Cr]. The molecular formula is C11H8CrO4. The Bertz CT molecular complexity index is 314. The van der Waals surface area contributed by atoms with Crippen molar-refractivity contribution in [2.75, 3.05) is 0 Å². The predicted molar refractivity (Wildman–Crippen MR) is 48.4 cm³/mol. The van der Waals surface area contributed by atoms with Crippen molar-refractivity contribution in [2.24, 2.45) is 0 Å². The summed E-state index contributed by atoms with van der Waals surface area (Å²) in [5.41, 5.74) is 1.81. The van der Waals surface area contributed by atoms with Gasteiger partial charge in [-0.25, -0.2) is 0 Å². The van der Waals surface area contributed by atoms with Crippen LogP contribution in [0.15, 0.2) is 24.3 Å². The van der Waals surface area contributed by atoms with Gasteiger partial charge in [0, 0.05) is 22.9 Å². The van der Waals surface area contributed by atoms with Gasteiger partial charge in [0.25, 0.3) is 0 Å². The molecule has 0 bridgehead atoms. The zero-order valence-electron chi connectivity index (χ0n) is 8.43. The molecule has 1 rings (SSSR count). The monoisotopic (exact) mass is 256 g/mol. The van der Waals surface area contributed by atoms with Gasteiger partial charge in [-0.1, -0.05) is 24.3 Å². The van der Waals surface area contributed by atoms with Crippen LogP contribution in [0, 0.1) is 26.9 Å². The maximum absolute atomic E-state index is 10.2. The van der Waals surface area contributed by atoms with Gasteiger partial charge in [0.05, 0.1) is 0 Å². The van der Waals surface area contributed by atoms with Crippen molar-refractivity contribution >= 4 is 6.29 Å². The number of aldehydes is 1. The van der Waals surface area contributed by atoms with Crippen LogP contribution in [0.25, 0.3) is 0 Å². The Balaban J connectivity index is -0.0000000900. The summed E-state index contributed by atoms with van der Waals surface area (Å²) in [5.74, 6) is 0. The average Bonchev–Trinajstić information content (AvgIpc) is 2.37. The topological polar surface area (TPSA) is 76.8 Å². The molecule has 5 heteroatoms. The Hall–Kier alpha value is -1.36. The first-order valence-electron chi connectivity index (χ1n) is 3.46. The third kappa shape index (κ3) is 12.6. The summed E-state index contributed by atoms with van der Waals surface area (Å²) in [6, 6.07) is 7.51. The van der Waals surface area contributed by atoms with E-state index in [0.29, 0.717) is 0 Å². The van der Waals surface area contributed by atoms with Gasteiger partial charge in [-0.2, -0.15) is 0 Å². The van der Waals surface area contributed by atoms with Gasteiger partial charge in [0.15, 0.2) is 0 Å². The van der Waals surface area contributed by atoms with E-state index in [1.165, 1.54) is 0 Å². The van der Waals surface area contributed by atoms with Crippen LogP contribution in [-0.2, 0) is 31.3 Å². The molecule has 0 atom stereocenters. The van der Waals surface area contributed by atoms with Crippen molar-refractivity contribution < 1.29 is 36.1 Å². The van der Waals surface area contributed by atoms with Crippen LogP contribution in [0.4, 0.5) is 0 Å². The van der Waals surface area contributed by atoms with Crippen molar-refractivity contribution in [1.82, 2.24) is 0 Å². The summed E-state index contributed by atoms with van der Waals surface area (Å²) in [6.07, 6.45) is 0.870. The van der Waals surface area contributed by atoms with Crippen molar-refractivity contribution in [1.29, 1.82) is 0 Å². The molecule has 0 amide bonds. The maximum Gasteiger partial charge on any atom is 0 e. The first-order valence-corrected chi connectivity index (χ1v) is 3.46. The molecule has 4 nitrogen and oxygen atoms in total. The first-order chi connectivity index (χ1) is 7.34. The molecule has 0 heterocycles. The number of aryl methyl sites for hydroxylation is 1. The Morgan fingerprint density at radius 1 is 1.00 bits per heavy atom. The van der Waals surface area contributed by atoms with E-state index in [-0.39, 0.29) is 17.4 Å². The van der Waals surface area contributed by atoms with Gasteiger partial charge in [0.2, 0.25) is 0 Å². The molecule has 0 radical (unpaired) electrons. The molecule has 0 spiro atoms. The quantitative estimate of drug-likeness (QED) is 0.428. The number of carbonyl (C=O) groups is 1. The van der Waals surface area contributed by atoms with Crippen molar-refractivity contribution in [3.63, 3.8) is 0 Å². The van der Waals surface area contributed by atoms with E-state index in [0.717, 1.165) is 17.4 Å². The zero-order valence-corrected chi connectivity index (χ0v) is 9.70. The minimum absolute atomic E-state index is 0. The standard InChI is InChI=1S/C8H8O.3CO.Cr/c1-7-4-2-3-5-8(7)6-9;3*1-2;/h2-6H,1H3;;;;. The minimum atomic E-state index is 0. The molecule has 0 aliphatic rings. The largest absolute Gasteiger partial charge is 0 e. The van der Waals surface area contributed by atoms with Gasteiger partial charge in [0.1, 0.15) is 6.29 Å². The van der Waals surface area contributed by atoms with Crippen molar-refractivity contribution in [2.45, 2.75) is 6.92 Å². The number of hydrogen-bond donors (Lipinski definition) is 0. The fourth-order valence-corrected chi connectivity index (χ4v) is 0.719. The third-order valence-corrected chi connectivity index (χ3v) is 1.32. The predicted octanol–water partition coefficient (Wildman–Crippen LogP) is 1.69. The molecule has 0 unspecified atom stereocenters. The third-order valence-electron chi connectivity index (χ3n) is 1.32. The molecule has 1 aromatic carbocycles. The smallest absolute Gasteiger partial charge is 0 e. The van der Waals surface area contributed by atoms with Crippen LogP contribution in [0.2, 0.25) is 0 Å². The van der Waals surface area contributed by atoms with Crippen LogP contribution in [0.3, 0.4) is 0 Å². The van der Waals surface area contributed by atoms with E-state index < -0.39 is 0 Å². The van der Waals surface area contributed by atoms with Gasteiger partial charge >= 0.3 is 33.9 Å². The number of benzene rings is 1. The minimum Gasteiger partial charge on any atom is 0 e. The summed E-state index contributed by atoms with van der Waals surface area (Å²) < 4.78 is 22.5. The Kier molecular flexibility index (Phi) is 35.3. The Labute approximate surface area is 105 Å². The Morgan fingerprint density at radius 3 is 1.62 bits per heavy atom. The van der Waals surface area contributed by atoms with Gasteiger partial charge < -0.3 is 0 Å². The maximum atomic E-state index is 10.2. The second-order valence-electron chi connectivity index (χ2n) is 1.97. The van der Waals surface area contributed by atoms with E-state index in [1.54, 1.807) is 0 Å². The second-order valence-corrected chi connectivity index (χ2v) is 1.97. The summed E-state index contributed by atoms with van der Waals surface area (Å²) in [7, 11) is 0. The average molecular weight is 256 g/mol. The number of rotatable bonds is 1. The van der Waals surface area contributed by atoms with E-state index >= 15 is 0 Å². The summed E-state index contributed by atoms with van der Waals surface area (Å²) >= 11 is 0. The van der Waals surface area contributed by atoms with Crippen LogP contribution in [0.1, 0.15) is 15.9 Å². The summed E-state index contributed by atoms with van der Waals surface area (Å²) in [4.78, 5) is 10.2. The van der Waals surface area contributed by atoms with E-state index in [9.17, 15) is 4.79 Å². The van der Waals surface area contributed by atoms with E-state index in [4.69, 9.17) is 14.0 Å². The number of hydrogen-bond acceptors (Lipinski definition) is 1. The van der Waals surface area contributed by atoms with Crippen LogP contribution >= 0.6 is 0 Å². The molecule has 0 saturated heterocycles. The van der Waals surface area contributed by atoms with E-state index in [1.807, 2.05) is 31.2 Å². The zero-order chi connectivity index (χ0) is 12.7. The number of carbonyl (C=O) groups excluding carboxylic acids is 1. The molecule has 0 aromatic heterocycles. The van der Waals surface area contributed by atoms with Crippen molar-refractivity contribution in [3.05, 3.63) is 55.3 Å². The summed E-state index contributed by atoms with van der Waals surface area (Å²) in [6.45, 7) is 15.4. The molecular weight excluding hydrogens is 248 g/mol. The van der Waals surface area contributed by atoms with Crippen LogP contribution < -0.4 is 0 Å². The molecule has 0 N–H and O–H groups in total.